The zero-order valence-electron chi connectivity index (χ0n) is 14.1. The molecule has 0 unspecified atom stereocenters. The van der Waals surface area contributed by atoms with Crippen molar-refractivity contribution < 1.29 is 18.7 Å². The number of carbonyl (C=O) groups is 2. The lowest BCUT2D eigenvalue weighted by atomic mass is 10.2. The molecular weight excluding hydrogens is 355 g/mol. The molecule has 0 aliphatic carbocycles. The minimum Gasteiger partial charge on any atom is -0.453 e. The van der Waals surface area contributed by atoms with E-state index in [0.717, 1.165) is 4.90 Å². The maximum absolute atomic E-state index is 12.8. The summed E-state index contributed by atoms with van der Waals surface area (Å²) in [4.78, 5) is 24.7. The SMILES string of the molecule is C[C@@H](OC(=O)CCSc1ccc(F)cc1)C(=O)Nc1cccc(C#N)c1. The van der Waals surface area contributed by atoms with Crippen molar-refractivity contribution in [2.24, 2.45) is 0 Å². The summed E-state index contributed by atoms with van der Waals surface area (Å²) in [5.41, 5.74) is 0.883. The van der Waals surface area contributed by atoms with Gasteiger partial charge in [-0.15, -0.1) is 11.8 Å². The summed E-state index contributed by atoms with van der Waals surface area (Å²) in [6.45, 7) is 1.48. The highest BCUT2D eigenvalue weighted by molar-refractivity contribution is 7.99. The number of halogens is 1. The first-order valence-corrected chi connectivity index (χ1v) is 8.85. The van der Waals surface area contributed by atoms with Gasteiger partial charge in [-0.25, -0.2) is 4.39 Å². The summed E-state index contributed by atoms with van der Waals surface area (Å²) < 4.78 is 17.9. The van der Waals surface area contributed by atoms with E-state index >= 15 is 0 Å². The Morgan fingerprint density at radius 3 is 2.69 bits per heavy atom. The normalized spacial score (nSPS) is 11.3. The zero-order chi connectivity index (χ0) is 18.9. The molecule has 0 saturated carbocycles. The predicted octanol–water partition coefficient (Wildman–Crippen LogP) is 3.75. The third kappa shape index (κ3) is 6.22. The number of rotatable bonds is 7. The Labute approximate surface area is 155 Å². The fourth-order valence-corrected chi connectivity index (χ4v) is 2.84. The molecule has 0 heterocycles. The van der Waals surface area contributed by atoms with Crippen LogP contribution >= 0.6 is 11.8 Å². The van der Waals surface area contributed by atoms with Crippen molar-refractivity contribution in [1.82, 2.24) is 0 Å². The molecule has 7 heteroatoms. The van der Waals surface area contributed by atoms with Crippen molar-refractivity contribution in [3.63, 3.8) is 0 Å². The van der Waals surface area contributed by atoms with Gasteiger partial charge in [0.1, 0.15) is 5.82 Å². The molecule has 1 atom stereocenters. The van der Waals surface area contributed by atoms with Crippen molar-refractivity contribution in [2.45, 2.75) is 24.3 Å². The number of ether oxygens (including phenoxy) is 1. The van der Waals surface area contributed by atoms with Gasteiger partial charge in [-0.3, -0.25) is 9.59 Å². The molecule has 2 aromatic rings. The maximum Gasteiger partial charge on any atom is 0.307 e. The molecule has 0 aromatic heterocycles. The Kier molecular flexibility index (Phi) is 7.18. The second kappa shape index (κ2) is 9.59. The van der Waals surface area contributed by atoms with Crippen molar-refractivity contribution in [1.29, 1.82) is 5.26 Å². The van der Waals surface area contributed by atoms with Crippen LogP contribution in [0.3, 0.4) is 0 Å². The van der Waals surface area contributed by atoms with Gasteiger partial charge in [0.05, 0.1) is 18.1 Å². The average molecular weight is 372 g/mol. The fourth-order valence-electron chi connectivity index (χ4n) is 2.00. The first-order valence-electron chi connectivity index (χ1n) is 7.87. The fraction of sp³-hybridized carbons (Fsp3) is 0.211. The van der Waals surface area contributed by atoms with Gasteiger partial charge < -0.3 is 10.1 Å². The summed E-state index contributed by atoms with van der Waals surface area (Å²) in [5.74, 6) is -0.815. The highest BCUT2D eigenvalue weighted by Crippen LogP contribution is 2.19. The molecule has 0 aliphatic rings. The zero-order valence-corrected chi connectivity index (χ0v) is 14.9. The van der Waals surface area contributed by atoms with Crippen LogP contribution in [0.25, 0.3) is 0 Å². The maximum atomic E-state index is 12.8. The molecule has 1 amide bonds. The van der Waals surface area contributed by atoms with Gasteiger partial charge in [0.15, 0.2) is 6.10 Å². The molecular formula is C19H17FN2O3S. The van der Waals surface area contributed by atoms with Gasteiger partial charge in [0.25, 0.3) is 5.91 Å². The van der Waals surface area contributed by atoms with Crippen LogP contribution in [0.5, 0.6) is 0 Å². The van der Waals surface area contributed by atoms with Crippen LogP contribution in [-0.2, 0) is 14.3 Å². The first-order chi connectivity index (χ1) is 12.5. The molecule has 0 saturated heterocycles. The minimum atomic E-state index is -0.955. The molecule has 5 nitrogen and oxygen atoms in total. The summed E-state index contributed by atoms with van der Waals surface area (Å²) in [6.07, 6.45) is -0.826. The lowest BCUT2D eigenvalue weighted by Crippen LogP contribution is -2.30. The van der Waals surface area contributed by atoms with E-state index < -0.39 is 18.0 Å². The Morgan fingerprint density at radius 2 is 2.00 bits per heavy atom. The lowest BCUT2D eigenvalue weighted by Gasteiger charge is -2.13. The average Bonchev–Trinajstić information content (AvgIpc) is 2.63. The molecule has 0 bridgehead atoms. The summed E-state index contributed by atoms with van der Waals surface area (Å²) in [6, 6.07) is 14.4. The number of amides is 1. The standard InChI is InChI=1S/C19H17FN2O3S/c1-13(19(24)22-16-4-2-3-14(11-16)12-21)25-18(23)9-10-26-17-7-5-15(20)6-8-17/h2-8,11,13H,9-10H2,1H3,(H,22,24)/t13-/m1/s1. The number of esters is 1. The Morgan fingerprint density at radius 1 is 1.27 bits per heavy atom. The monoisotopic (exact) mass is 372 g/mol. The van der Waals surface area contributed by atoms with Crippen molar-refractivity contribution in [3.8, 4) is 6.07 Å². The third-order valence-electron chi connectivity index (χ3n) is 3.33. The quantitative estimate of drug-likeness (QED) is 0.591. The van der Waals surface area contributed by atoms with Crippen LogP contribution in [0.15, 0.2) is 53.4 Å². The molecule has 0 radical (unpaired) electrons. The Balaban J connectivity index is 1.75. The van der Waals surface area contributed by atoms with Gasteiger partial charge in [-0.2, -0.15) is 5.26 Å². The van der Waals surface area contributed by atoms with Crippen molar-refractivity contribution >= 4 is 29.3 Å². The Hall–Kier alpha value is -2.85. The molecule has 134 valence electrons. The van der Waals surface area contributed by atoms with Gasteiger partial charge in [0.2, 0.25) is 0 Å². The van der Waals surface area contributed by atoms with E-state index in [2.05, 4.69) is 5.32 Å². The molecule has 1 N–H and O–H groups in total. The van der Waals surface area contributed by atoms with E-state index in [0.29, 0.717) is 17.0 Å². The number of hydrogen-bond donors (Lipinski definition) is 1. The highest BCUT2D eigenvalue weighted by atomic mass is 32.2. The molecule has 2 aromatic carbocycles. The molecule has 2 rings (SSSR count). The van der Waals surface area contributed by atoms with Crippen LogP contribution in [0, 0.1) is 17.1 Å². The van der Waals surface area contributed by atoms with E-state index in [1.807, 2.05) is 6.07 Å². The Bertz CT molecular complexity index is 818. The van der Waals surface area contributed by atoms with Crippen LogP contribution < -0.4 is 5.32 Å². The number of hydrogen-bond acceptors (Lipinski definition) is 5. The summed E-state index contributed by atoms with van der Waals surface area (Å²) >= 11 is 1.40. The summed E-state index contributed by atoms with van der Waals surface area (Å²) in [7, 11) is 0. The van der Waals surface area contributed by atoms with Crippen LogP contribution in [0.4, 0.5) is 10.1 Å². The number of carbonyl (C=O) groups excluding carboxylic acids is 2. The van der Waals surface area contributed by atoms with E-state index in [4.69, 9.17) is 10.00 Å². The second-order valence-corrected chi connectivity index (χ2v) is 6.53. The number of benzene rings is 2. The van der Waals surface area contributed by atoms with Crippen LogP contribution in [0.1, 0.15) is 18.9 Å². The van der Waals surface area contributed by atoms with Crippen LogP contribution in [0.2, 0.25) is 0 Å². The largest absolute Gasteiger partial charge is 0.453 e. The molecule has 0 fully saturated rings. The van der Waals surface area contributed by atoms with Gasteiger partial charge in [0, 0.05) is 16.3 Å². The lowest BCUT2D eigenvalue weighted by molar-refractivity contribution is -0.152. The highest BCUT2D eigenvalue weighted by Gasteiger charge is 2.18. The second-order valence-electron chi connectivity index (χ2n) is 5.37. The topological polar surface area (TPSA) is 79.2 Å². The van der Waals surface area contributed by atoms with Crippen molar-refractivity contribution in [2.75, 3.05) is 11.1 Å². The van der Waals surface area contributed by atoms with E-state index in [1.165, 1.54) is 36.9 Å². The molecule has 0 aliphatic heterocycles. The number of nitrogens with zero attached hydrogens (tertiary/aromatic N) is 1. The number of nitrogens with one attached hydrogen (secondary N) is 1. The predicted molar refractivity (Wildman–Crippen MR) is 97.1 cm³/mol. The van der Waals surface area contributed by atoms with Crippen LogP contribution in [-0.4, -0.2) is 23.7 Å². The van der Waals surface area contributed by atoms with Crippen molar-refractivity contribution in [3.05, 3.63) is 59.9 Å². The van der Waals surface area contributed by atoms with E-state index in [-0.39, 0.29) is 12.2 Å². The number of thioether (sulfide) groups is 1. The van der Waals surface area contributed by atoms with Gasteiger partial charge in [-0.05, 0) is 49.4 Å². The minimum absolute atomic E-state index is 0.129. The number of nitriles is 1. The smallest absolute Gasteiger partial charge is 0.307 e. The van der Waals surface area contributed by atoms with E-state index in [1.54, 1.807) is 30.3 Å². The third-order valence-corrected chi connectivity index (χ3v) is 4.34. The first kappa shape index (κ1) is 19.5. The van der Waals surface area contributed by atoms with E-state index in [9.17, 15) is 14.0 Å². The molecule has 0 spiro atoms. The number of anilines is 1. The van der Waals surface area contributed by atoms with Gasteiger partial charge in [-0.1, -0.05) is 6.07 Å². The summed E-state index contributed by atoms with van der Waals surface area (Å²) in [5, 5.41) is 11.5. The van der Waals surface area contributed by atoms with Gasteiger partial charge >= 0.3 is 5.97 Å². The molecule has 26 heavy (non-hydrogen) atoms.